The maximum atomic E-state index is 12.5. The minimum atomic E-state index is -4.27. The number of nitrogens with one attached hydrogen (secondary N) is 2. The fraction of sp³-hybridized carbons (Fsp3) is 0.600. The number of rotatable bonds is 3. The summed E-state index contributed by atoms with van der Waals surface area (Å²) in [6.45, 7) is 6.16. The summed E-state index contributed by atoms with van der Waals surface area (Å²) in [5.41, 5.74) is 0.317. The van der Waals surface area contributed by atoms with E-state index < -0.39 is 11.7 Å². The monoisotopic (exact) mass is 286 g/mol. The molecule has 1 unspecified atom stereocenters. The van der Waals surface area contributed by atoms with Crippen LogP contribution in [0, 0.1) is 5.41 Å². The minimum absolute atomic E-state index is 0.206. The van der Waals surface area contributed by atoms with Gasteiger partial charge in [0.1, 0.15) is 0 Å². The van der Waals surface area contributed by atoms with E-state index in [0.717, 1.165) is 30.9 Å². The van der Waals surface area contributed by atoms with Crippen molar-refractivity contribution in [2.24, 2.45) is 5.41 Å². The van der Waals surface area contributed by atoms with Gasteiger partial charge in [0.05, 0.1) is 5.56 Å². The number of anilines is 1. The molecule has 112 valence electrons. The summed E-state index contributed by atoms with van der Waals surface area (Å²) < 4.78 is 37.4. The van der Waals surface area contributed by atoms with Gasteiger partial charge in [0, 0.05) is 18.3 Å². The number of hydrogen-bond acceptors (Lipinski definition) is 2. The molecule has 0 aliphatic carbocycles. The van der Waals surface area contributed by atoms with E-state index in [-0.39, 0.29) is 5.41 Å². The van der Waals surface area contributed by atoms with Gasteiger partial charge < -0.3 is 10.6 Å². The predicted molar refractivity (Wildman–Crippen MR) is 74.7 cm³/mol. The molecule has 0 radical (unpaired) electrons. The first-order chi connectivity index (χ1) is 9.29. The van der Waals surface area contributed by atoms with Crippen molar-refractivity contribution in [3.63, 3.8) is 0 Å². The molecule has 20 heavy (non-hydrogen) atoms. The molecule has 2 nitrogen and oxygen atoms in total. The molecular formula is C15H21F3N2. The predicted octanol–water partition coefficient (Wildman–Crippen LogP) is 3.90. The number of piperidine rings is 1. The second-order valence-electron chi connectivity index (χ2n) is 6.05. The van der Waals surface area contributed by atoms with Gasteiger partial charge in [0.25, 0.3) is 0 Å². The van der Waals surface area contributed by atoms with Crippen LogP contribution in [0.25, 0.3) is 0 Å². The highest BCUT2D eigenvalue weighted by molar-refractivity contribution is 5.45. The van der Waals surface area contributed by atoms with Gasteiger partial charge >= 0.3 is 6.18 Å². The first-order valence-electron chi connectivity index (χ1n) is 6.93. The molecule has 1 aliphatic heterocycles. The lowest BCUT2D eigenvalue weighted by atomic mass is 9.77. The van der Waals surface area contributed by atoms with E-state index >= 15 is 0 Å². The van der Waals surface area contributed by atoms with Crippen LogP contribution in [0.2, 0.25) is 0 Å². The van der Waals surface area contributed by atoms with E-state index in [1.807, 2.05) is 0 Å². The highest BCUT2D eigenvalue weighted by Gasteiger charge is 2.32. The number of benzene rings is 1. The quantitative estimate of drug-likeness (QED) is 0.880. The minimum Gasteiger partial charge on any atom is -0.383 e. The Labute approximate surface area is 117 Å². The van der Waals surface area contributed by atoms with E-state index in [2.05, 4.69) is 24.5 Å². The number of hydrogen-bond donors (Lipinski definition) is 2. The zero-order chi connectivity index (χ0) is 14.8. The summed E-state index contributed by atoms with van der Waals surface area (Å²) in [7, 11) is 0. The molecule has 1 aromatic rings. The maximum Gasteiger partial charge on any atom is 0.416 e. The van der Waals surface area contributed by atoms with Gasteiger partial charge in [-0.1, -0.05) is 13.8 Å². The van der Waals surface area contributed by atoms with Crippen LogP contribution in [0.5, 0.6) is 0 Å². The second-order valence-corrected chi connectivity index (χ2v) is 6.05. The van der Waals surface area contributed by atoms with Crippen LogP contribution < -0.4 is 10.6 Å². The topological polar surface area (TPSA) is 24.1 Å². The fourth-order valence-electron chi connectivity index (χ4n) is 2.62. The van der Waals surface area contributed by atoms with Gasteiger partial charge in [0.2, 0.25) is 0 Å². The van der Waals surface area contributed by atoms with Crippen LogP contribution in [-0.2, 0) is 6.18 Å². The molecule has 1 aromatic carbocycles. The molecule has 0 saturated carbocycles. The Morgan fingerprint density at radius 2 is 1.90 bits per heavy atom. The molecule has 0 aromatic heterocycles. The molecule has 1 atom stereocenters. The van der Waals surface area contributed by atoms with Crippen LogP contribution in [0.1, 0.15) is 32.3 Å². The van der Waals surface area contributed by atoms with Gasteiger partial charge in [0.15, 0.2) is 0 Å². The lowest BCUT2D eigenvalue weighted by Crippen LogP contribution is -2.50. The SMILES string of the molecule is CC1(C)CCCNC1CNc1ccc(C(F)(F)F)cc1. The van der Waals surface area contributed by atoms with Gasteiger partial charge in [-0.15, -0.1) is 0 Å². The molecule has 2 N–H and O–H groups in total. The number of halogens is 3. The van der Waals surface area contributed by atoms with Gasteiger partial charge in [-0.3, -0.25) is 0 Å². The Balaban J connectivity index is 1.94. The molecule has 1 aliphatic rings. The van der Waals surface area contributed by atoms with Gasteiger partial charge in [-0.25, -0.2) is 0 Å². The van der Waals surface area contributed by atoms with Crippen molar-refractivity contribution in [2.45, 2.75) is 38.9 Å². The molecule has 1 heterocycles. The fourth-order valence-corrected chi connectivity index (χ4v) is 2.62. The molecular weight excluding hydrogens is 265 g/mol. The van der Waals surface area contributed by atoms with E-state index in [9.17, 15) is 13.2 Å². The van der Waals surface area contributed by atoms with Crippen molar-refractivity contribution in [3.8, 4) is 0 Å². The maximum absolute atomic E-state index is 12.5. The highest BCUT2D eigenvalue weighted by Crippen LogP contribution is 2.31. The van der Waals surface area contributed by atoms with E-state index in [0.29, 0.717) is 6.04 Å². The second kappa shape index (κ2) is 5.64. The highest BCUT2D eigenvalue weighted by atomic mass is 19.4. The third kappa shape index (κ3) is 3.66. The molecule has 1 saturated heterocycles. The van der Waals surface area contributed by atoms with Gasteiger partial charge in [-0.2, -0.15) is 13.2 Å². The van der Waals surface area contributed by atoms with Crippen LogP contribution in [-0.4, -0.2) is 19.1 Å². The zero-order valence-electron chi connectivity index (χ0n) is 11.8. The molecule has 2 rings (SSSR count). The molecule has 0 bridgehead atoms. The Morgan fingerprint density at radius 3 is 2.45 bits per heavy atom. The Kier molecular flexibility index (Phi) is 4.28. The van der Waals surface area contributed by atoms with Crippen LogP contribution >= 0.6 is 0 Å². The number of alkyl halides is 3. The molecule has 0 spiro atoms. The van der Waals surface area contributed by atoms with Crippen molar-refractivity contribution in [1.82, 2.24) is 5.32 Å². The third-order valence-electron chi connectivity index (χ3n) is 4.05. The standard InChI is InChI=1S/C15H21F3N2/c1-14(2)8-3-9-19-13(14)10-20-12-6-4-11(5-7-12)15(16,17)18/h4-7,13,19-20H,3,8-10H2,1-2H3. The van der Waals surface area contributed by atoms with Crippen molar-refractivity contribution in [1.29, 1.82) is 0 Å². The Hall–Kier alpha value is -1.23. The molecule has 0 amide bonds. The first kappa shape index (κ1) is 15.2. The van der Waals surface area contributed by atoms with Crippen molar-refractivity contribution in [2.75, 3.05) is 18.4 Å². The lowest BCUT2D eigenvalue weighted by molar-refractivity contribution is -0.137. The molecule has 5 heteroatoms. The van der Waals surface area contributed by atoms with Crippen LogP contribution in [0.3, 0.4) is 0 Å². The average Bonchev–Trinajstić information content (AvgIpc) is 2.36. The van der Waals surface area contributed by atoms with Crippen LogP contribution in [0.15, 0.2) is 24.3 Å². The summed E-state index contributed by atoms with van der Waals surface area (Å²) >= 11 is 0. The summed E-state index contributed by atoms with van der Waals surface area (Å²) in [4.78, 5) is 0. The molecule has 1 fully saturated rings. The average molecular weight is 286 g/mol. The summed E-state index contributed by atoms with van der Waals surface area (Å²) in [5, 5.41) is 6.69. The lowest BCUT2D eigenvalue weighted by Gasteiger charge is -2.39. The normalized spacial score (nSPS) is 22.6. The van der Waals surface area contributed by atoms with E-state index in [1.165, 1.54) is 25.0 Å². The van der Waals surface area contributed by atoms with Crippen LogP contribution in [0.4, 0.5) is 18.9 Å². The Bertz CT molecular complexity index is 437. The van der Waals surface area contributed by atoms with Crippen molar-refractivity contribution >= 4 is 5.69 Å². The summed E-state index contributed by atoms with van der Waals surface area (Å²) in [5.74, 6) is 0. The van der Waals surface area contributed by atoms with Gasteiger partial charge in [-0.05, 0) is 49.1 Å². The van der Waals surface area contributed by atoms with E-state index in [1.54, 1.807) is 0 Å². The third-order valence-corrected chi connectivity index (χ3v) is 4.05. The largest absolute Gasteiger partial charge is 0.416 e. The smallest absolute Gasteiger partial charge is 0.383 e. The first-order valence-corrected chi connectivity index (χ1v) is 6.93. The van der Waals surface area contributed by atoms with Crippen molar-refractivity contribution < 1.29 is 13.2 Å². The van der Waals surface area contributed by atoms with Crippen molar-refractivity contribution in [3.05, 3.63) is 29.8 Å². The zero-order valence-corrected chi connectivity index (χ0v) is 11.8. The van der Waals surface area contributed by atoms with E-state index in [4.69, 9.17) is 0 Å². The summed E-state index contributed by atoms with van der Waals surface area (Å²) in [6, 6.07) is 5.53. The Morgan fingerprint density at radius 1 is 1.25 bits per heavy atom. The summed E-state index contributed by atoms with van der Waals surface area (Å²) in [6.07, 6.45) is -1.94.